The first-order valence-electron chi connectivity index (χ1n) is 12.4. The molecule has 2 heterocycles. The number of hydrogen-bond donors (Lipinski definition) is 0. The van der Waals surface area contributed by atoms with Crippen LogP contribution in [-0.2, 0) is 19.8 Å². The van der Waals surface area contributed by atoms with Crippen LogP contribution in [0.4, 0.5) is 0 Å². The average Bonchev–Trinajstić information content (AvgIpc) is 3.56. The summed E-state index contributed by atoms with van der Waals surface area (Å²) in [6.07, 6.45) is 5.65. The second kappa shape index (κ2) is 12.0. The third-order valence-electron chi connectivity index (χ3n) is 6.02. The molecule has 5 nitrogen and oxygen atoms in total. The van der Waals surface area contributed by atoms with Gasteiger partial charge in [-0.15, -0.1) is 0 Å². The number of rotatable bonds is 8. The molecule has 36 heavy (non-hydrogen) atoms. The summed E-state index contributed by atoms with van der Waals surface area (Å²) in [6, 6.07) is 23.2. The fraction of sp³-hybridized carbons (Fsp3) is 0.241. The molecular weight excluding hydrogens is 465 g/mol. The summed E-state index contributed by atoms with van der Waals surface area (Å²) in [7, 11) is 3.64. The van der Waals surface area contributed by atoms with Crippen molar-refractivity contribution in [3.8, 4) is 16.9 Å². The van der Waals surface area contributed by atoms with Crippen LogP contribution in [-0.4, -0.2) is 28.0 Å². The molecule has 0 aliphatic carbocycles. The molecule has 2 aromatic heterocycles. The maximum atomic E-state index is 5.97. The van der Waals surface area contributed by atoms with Crippen molar-refractivity contribution in [3.63, 3.8) is 0 Å². The highest BCUT2D eigenvalue weighted by Gasteiger charge is 2.28. The molecule has 3 aromatic carbocycles. The van der Waals surface area contributed by atoms with Gasteiger partial charge in [0.2, 0.25) is 0 Å². The molecule has 0 atom stereocenters. The normalized spacial score (nSPS) is 10.7. The summed E-state index contributed by atoms with van der Waals surface area (Å²) < 4.78 is 13.5. The monoisotopic (exact) mass is 497 g/mol. The van der Waals surface area contributed by atoms with Gasteiger partial charge in [-0.1, -0.05) is 80.0 Å². The highest BCUT2D eigenvalue weighted by atomic mass is 32.2. The Morgan fingerprint density at radius 3 is 2.50 bits per heavy atom. The van der Waals surface area contributed by atoms with Crippen molar-refractivity contribution in [2.45, 2.75) is 38.4 Å². The highest BCUT2D eigenvalue weighted by molar-refractivity contribution is 8.26. The Morgan fingerprint density at radius 2 is 1.81 bits per heavy atom. The molecule has 0 amide bonds. The highest BCUT2D eigenvalue weighted by Crippen LogP contribution is 2.35. The molecule has 0 radical (unpaired) electrons. The minimum atomic E-state index is 0.0498. The first kappa shape index (κ1) is 25.6. The maximum Gasteiger partial charge on any atom is 0.281 e. The third-order valence-corrected chi connectivity index (χ3v) is 7.26. The Kier molecular flexibility index (Phi) is 8.54. The molecule has 0 saturated heterocycles. The lowest BCUT2D eigenvalue weighted by Crippen LogP contribution is -2.31. The minimum absolute atomic E-state index is 0.0498. The number of benzene rings is 3. The number of aromatic nitrogens is 3. The number of nitrogens with zero attached hydrogens (tertiary/aromatic N) is 3. The molecule has 184 valence electrons. The van der Waals surface area contributed by atoms with E-state index in [1.54, 1.807) is 23.4 Å². The summed E-state index contributed by atoms with van der Waals surface area (Å²) >= 11 is 1.78. The Balaban J connectivity index is 0.00000148. The quantitative estimate of drug-likeness (QED) is 0.226. The Bertz CT molecular complexity index is 1410. The van der Waals surface area contributed by atoms with Crippen molar-refractivity contribution in [2.75, 3.05) is 7.11 Å². The van der Waals surface area contributed by atoms with Crippen LogP contribution in [0.2, 0.25) is 0 Å². The van der Waals surface area contributed by atoms with E-state index >= 15 is 0 Å². The van der Waals surface area contributed by atoms with Gasteiger partial charge in [0.25, 0.3) is 5.99 Å². The first-order chi connectivity index (χ1) is 17.7. The van der Waals surface area contributed by atoms with Gasteiger partial charge in [-0.2, -0.15) is 16.7 Å². The fourth-order valence-electron chi connectivity index (χ4n) is 4.21. The van der Waals surface area contributed by atoms with E-state index < -0.39 is 0 Å². The zero-order valence-electron chi connectivity index (χ0n) is 21.6. The van der Waals surface area contributed by atoms with Crippen LogP contribution in [0.5, 0.6) is 5.75 Å². The SMILES string of the molecule is CC.CCc1ccc(OC)c(SB(Cc2ccccc2)c2noc3c(-c4cnn(C)c4)cccc23)c1. The first-order valence-corrected chi connectivity index (χ1v) is 13.3. The van der Waals surface area contributed by atoms with E-state index in [9.17, 15) is 0 Å². The van der Waals surface area contributed by atoms with Crippen molar-refractivity contribution >= 4 is 34.2 Å². The lowest BCUT2D eigenvalue weighted by Gasteiger charge is -2.15. The number of ether oxygens (including phenoxy) is 1. The van der Waals surface area contributed by atoms with Gasteiger partial charge in [-0.05, 0) is 36.5 Å². The lowest BCUT2D eigenvalue weighted by molar-refractivity contribution is 0.404. The minimum Gasteiger partial charge on any atom is -0.496 e. The molecule has 0 unspecified atom stereocenters. The second-order valence-electron chi connectivity index (χ2n) is 8.29. The van der Waals surface area contributed by atoms with Crippen molar-refractivity contribution in [1.82, 2.24) is 14.9 Å². The standard InChI is InChI=1S/C27H26BN3O2S.C2H6/c1-4-19-13-14-24(32-3)25(15-19)34-28(16-20-9-6-5-7-10-20)27-23-12-8-11-22(26(23)33-30-27)21-17-29-31(2)18-21;1-2/h5-15,17-18H,4,16H2,1-3H3;1-2H3. The third kappa shape index (κ3) is 5.52. The zero-order chi connectivity index (χ0) is 25.5. The van der Waals surface area contributed by atoms with Crippen molar-refractivity contribution < 1.29 is 9.26 Å². The van der Waals surface area contributed by atoms with E-state index in [2.05, 4.69) is 77.8 Å². The number of hydrogen-bond acceptors (Lipinski definition) is 5. The molecule has 7 heteroatoms. The molecule has 5 aromatic rings. The molecule has 0 N–H and O–H groups in total. The molecular formula is C29H32BN3O2S. The van der Waals surface area contributed by atoms with Crippen LogP contribution in [0.25, 0.3) is 22.1 Å². The van der Waals surface area contributed by atoms with E-state index in [1.165, 1.54) is 11.1 Å². The molecule has 5 rings (SSSR count). The molecule has 0 aliphatic heterocycles. The van der Waals surface area contributed by atoms with Gasteiger partial charge >= 0.3 is 0 Å². The van der Waals surface area contributed by atoms with Gasteiger partial charge in [-0.3, -0.25) is 4.68 Å². The van der Waals surface area contributed by atoms with Gasteiger partial charge in [0, 0.05) is 34.7 Å². The number of para-hydroxylation sites is 1. The molecule has 0 saturated carbocycles. The van der Waals surface area contributed by atoms with E-state index in [-0.39, 0.29) is 5.99 Å². The lowest BCUT2D eigenvalue weighted by atomic mass is 9.65. The zero-order valence-corrected chi connectivity index (χ0v) is 22.4. The summed E-state index contributed by atoms with van der Waals surface area (Å²) in [6.45, 7) is 6.17. The summed E-state index contributed by atoms with van der Waals surface area (Å²) in [5, 5.41) is 9.97. The summed E-state index contributed by atoms with van der Waals surface area (Å²) in [4.78, 5) is 1.11. The van der Waals surface area contributed by atoms with Crippen molar-refractivity contribution in [2.24, 2.45) is 7.05 Å². The Morgan fingerprint density at radius 1 is 1.00 bits per heavy atom. The van der Waals surface area contributed by atoms with Crippen LogP contribution in [0.15, 0.2) is 88.5 Å². The topological polar surface area (TPSA) is 53.1 Å². The van der Waals surface area contributed by atoms with E-state index in [0.29, 0.717) is 0 Å². The summed E-state index contributed by atoms with van der Waals surface area (Å²) in [5.41, 5.74) is 6.28. The average molecular weight is 497 g/mol. The van der Waals surface area contributed by atoms with Gasteiger partial charge in [0.1, 0.15) is 5.75 Å². The fourth-order valence-corrected chi connectivity index (χ4v) is 5.56. The van der Waals surface area contributed by atoms with E-state index in [1.807, 2.05) is 39.4 Å². The number of methoxy groups -OCH3 is 1. The smallest absolute Gasteiger partial charge is 0.281 e. The molecule has 0 bridgehead atoms. The van der Waals surface area contributed by atoms with Crippen LogP contribution < -0.4 is 10.3 Å². The van der Waals surface area contributed by atoms with Gasteiger partial charge in [0.05, 0.1) is 18.9 Å². The van der Waals surface area contributed by atoms with Gasteiger partial charge in [-0.25, -0.2) is 0 Å². The molecule has 0 aliphatic rings. The second-order valence-corrected chi connectivity index (χ2v) is 9.53. The maximum absolute atomic E-state index is 5.97. The van der Waals surface area contributed by atoms with Gasteiger partial charge < -0.3 is 9.26 Å². The number of aryl methyl sites for hydroxylation is 2. The summed E-state index contributed by atoms with van der Waals surface area (Å²) in [5.74, 6) is 0.929. The van der Waals surface area contributed by atoms with Crippen LogP contribution in [0, 0.1) is 0 Å². The van der Waals surface area contributed by atoms with E-state index in [4.69, 9.17) is 9.26 Å². The Hall–Kier alpha value is -3.45. The number of fused-ring (bicyclic) bond motifs is 1. The van der Waals surface area contributed by atoms with Crippen LogP contribution >= 0.6 is 11.6 Å². The van der Waals surface area contributed by atoms with Gasteiger partial charge in [0.15, 0.2) is 5.58 Å². The largest absolute Gasteiger partial charge is 0.496 e. The molecule has 0 fully saturated rings. The van der Waals surface area contributed by atoms with E-state index in [0.717, 1.165) is 51.1 Å². The molecule has 0 spiro atoms. The van der Waals surface area contributed by atoms with Crippen molar-refractivity contribution in [3.05, 3.63) is 90.3 Å². The Labute approximate surface area is 217 Å². The van der Waals surface area contributed by atoms with Crippen LogP contribution in [0.3, 0.4) is 0 Å². The predicted octanol–water partition coefficient (Wildman–Crippen LogP) is 6.60. The van der Waals surface area contributed by atoms with Crippen molar-refractivity contribution in [1.29, 1.82) is 0 Å². The van der Waals surface area contributed by atoms with Crippen LogP contribution in [0.1, 0.15) is 31.9 Å². The predicted molar refractivity (Wildman–Crippen MR) is 151 cm³/mol.